The first-order valence-corrected chi connectivity index (χ1v) is 25.5. The van der Waals surface area contributed by atoms with Crippen LogP contribution in [-0.2, 0) is 64.7 Å². The van der Waals surface area contributed by atoms with Gasteiger partial charge in [-0.05, 0) is 36.4 Å². The Bertz CT molecular complexity index is 3300. The van der Waals surface area contributed by atoms with Gasteiger partial charge in [0.05, 0.1) is 50.1 Å². The summed E-state index contributed by atoms with van der Waals surface area (Å²) in [6.45, 7) is -0.0223. The third-order valence-electron chi connectivity index (χ3n) is 11.5. The van der Waals surface area contributed by atoms with Crippen molar-refractivity contribution in [3.05, 3.63) is 213 Å². The maximum atomic E-state index is 15.8. The molecule has 8 aromatic rings. The first-order chi connectivity index (χ1) is 36.0. The van der Waals surface area contributed by atoms with E-state index in [1.54, 1.807) is 0 Å². The molecular weight excluding hydrogens is 1110 g/mol. The van der Waals surface area contributed by atoms with E-state index < -0.39 is 123 Å². The standard InChI is InChI=1S/C30H23Cl2F5N5O4P.C16H15F3N5O4P/c1-18(29-28(37)11-38-15-40-29)30(14-42-17-39-16-41-42,22-9-8-19(33)10-27(22)36)46-47(43,44-12-20-23(31)4-2-6-25(20)34)45-13-21-24(32)5-3-7-26(21)35;1-10(15-14(19)5-20-7-22-15)16(28-29(25,26)27,6-24-9-21-8-23-24)12-3-2-11(17)4-13(12)18/h2-11,15-18H,12-14H2,1H3;2-5,7-10H,6H2,1H3,(H2,25,26,27)/t18-,30+;10-,16+/m00/s1. The minimum absolute atomic E-state index is 0.108. The van der Waals surface area contributed by atoms with Crippen LogP contribution < -0.4 is 0 Å². The maximum Gasteiger partial charge on any atom is 0.476 e. The van der Waals surface area contributed by atoms with Crippen molar-refractivity contribution >= 4 is 38.8 Å². The van der Waals surface area contributed by atoms with Crippen molar-refractivity contribution in [2.75, 3.05) is 0 Å². The summed E-state index contributed by atoms with van der Waals surface area (Å²) in [6.07, 6.45) is 8.39. The average Bonchev–Trinajstić information content (AvgIpc) is 4.13. The highest BCUT2D eigenvalue weighted by molar-refractivity contribution is 7.48. The van der Waals surface area contributed by atoms with Gasteiger partial charge in [-0.2, -0.15) is 10.2 Å². The predicted octanol–water partition coefficient (Wildman–Crippen LogP) is 10.6. The zero-order valence-corrected chi connectivity index (χ0v) is 42.3. The number of hydrogen-bond acceptors (Lipinski definition) is 14. The maximum absolute atomic E-state index is 15.8. The van der Waals surface area contributed by atoms with E-state index in [-0.39, 0.29) is 32.6 Å². The molecule has 400 valence electrons. The number of aromatic nitrogens is 10. The molecule has 0 saturated carbocycles. The van der Waals surface area contributed by atoms with Crippen LogP contribution in [-0.4, -0.2) is 59.3 Å². The van der Waals surface area contributed by atoms with Crippen LogP contribution in [0.2, 0.25) is 10.0 Å². The van der Waals surface area contributed by atoms with E-state index in [9.17, 15) is 45.3 Å². The minimum atomic E-state index is -5.28. The molecule has 0 aliphatic carbocycles. The molecule has 4 aromatic carbocycles. The van der Waals surface area contributed by atoms with Gasteiger partial charge in [0.2, 0.25) is 0 Å². The Morgan fingerprint density at radius 3 is 1.34 bits per heavy atom. The summed E-state index contributed by atoms with van der Waals surface area (Å²) >= 11 is 12.3. The minimum Gasteiger partial charge on any atom is -0.303 e. The van der Waals surface area contributed by atoms with E-state index in [1.165, 1.54) is 50.8 Å². The molecule has 0 fully saturated rings. The Balaban J connectivity index is 0.000000248. The number of phosphoric ester groups is 2. The van der Waals surface area contributed by atoms with Crippen molar-refractivity contribution in [3.8, 4) is 0 Å². The highest BCUT2D eigenvalue weighted by Gasteiger charge is 2.52. The molecule has 30 heteroatoms. The zero-order chi connectivity index (χ0) is 55.0. The Morgan fingerprint density at radius 1 is 0.566 bits per heavy atom. The van der Waals surface area contributed by atoms with Crippen molar-refractivity contribution in [1.82, 2.24) is 49.5 Å². The largest absolute Gasteiger partial charge is 0.476 e. The van der Waals surface area contributed by atoms with Gasteiger partial charge in [0.15, 0.2) is 11.6 Å². The van der Waals surface area contributed by atoms with Crippen LogP contribution in [0.5, 0.6) is 0 Å². The molecule has 0 saturated heterocycles. The normalized spacial score (nSPS) is 14.3. The van der Waals surface area contributed by atoms with Gasteiger partial charge in [-0.15, -0.1) is 0 Å². The van der Waals surface area contributed by atoms with Crippen molar-refractivity contribution in [2.24, 2.45) is 0 Å². The summed E-state index contributed by atoms with van der Waals surface area (Å²) in [5.41, 5.74) is -6.63. The smallest absolute Gasteiger partial charge is 0.303 e. The van der Waals surface area contributed by atoms with Crippen molar-refractivity contribution in [2.45, 2.75) is 63.2 Å². The monoisotopic (exact) mass is 1140 g/mol. The molecule has 4 aromatic heterocycles. The molecule has 4 heterocycles. The van der Waals surface area contributed by atoms with Gasteiger partial charge >= 0.3 is 15.6 Å². The molecule has 0 aliphatic rings. The Hall–Kier alpha value is -6.44. The first kappa shape index (κ1) is 57.3. The van der Waals surface area contributed by atoms with E-state index in [0.717, 1.165) is 83.5 Å². The molecule has 4 atom stereocenters. The van der Waals surface area contributed by atoms with Crippen molar-refractivity contribution < 1.29 is 72.1 Å². The highest BCUT2D eigenvalue weighted by Crippen LogP contribution is 2.60. The quantitative estimate of drug-likeness (QED) is 0.0535. The zero-order valence-electron chi connectivity index (χ0n) is 39.0. The van der Waals surface area contributed by atoms with E-state index >= 15 is 8.78 Å². The fraction of sp³-hybridized carbons (Fsp3) is 0.217. The van der Waals surface area contributed by atoms with Crippen LogP contribution in [0.4, 0.5) is 35.1 Å². The molecule has 0 radical (unpaired) electrons. The highest BCUT2D eigenvalue weighted by atomic mass is 35.5. The van der Waals surface area contributed by atoms with Gasteiger partial charge in [-0.1, -0.05) is 61.3 Å². The summed E-state index contributed by atoms with van der Waals surface area (Å²) in [4.78, 5) is 41.7. The van der Waals surface area contributed by atoms with Crippen LogP contribution in [0.25, 0.3) is 0 Å². The van der Waals surface area contributed by atoms with Gasteiger partial charge in [0, 0.05) is 56.3 Å². The Labute approximate surface area is 435 Å². The second kappa shape index (κ2) is 24.3. The molecule has 18 nitrogen and oxygen atoms in total. The fourth-order valence-corrected chi connectivity index (χ4v) is 10.5. The summed E-state index contributed by atoms with van der Waals surface area (Å²) in [5, 5.41) is 7.67. The summed E-state index contributed by atoms with van der Waals surface area (Å²) in [7, 11) is -10.5. The molecule has 8 rings (SSSR count). The number of halogens is 10. The SMILES string of the molecule is C[C@@H](c1ncncc1F)[C@@](Cn1cncn1)(OP(=O)(O)O)c1ccc(F)cc1F.C[C@@H](c1ncncc1F)[C@@](Cn1cncn1)(OP(=O)(OCc1c(F)cccc1Cl)OCc1c(F)cccc1Cl)c1ccc(F)cc1F. The van der Waals surface area contributed by atoms with Crippen LogP contribution in [0, 0.1) is 46.5 Å². The Kier molecular flexibility index (Phi) is 18.3. The lowest BCUT2D eigenvalue weighted by Gasteiger charge is -2.40. The lowest BCUT2D eigenvalue weighted by Crippen LogP contribution is -2.41. The van der Waals surface area contributed by atoms with Gasteiger partial charge in [-0.3, -0.25) is 18.1 Å². The third kappa shape index (κ3) is 13.4. The molecule has 0 aliphatic heterocycles. The number of hydrogen-bond donors (Lipinski definition) is 2. The van der Waals surface area contributed by atoms with Crippen molar-refractivity contribution in [1.29, 1.82) is 0 Å². The van der Waals surface area contributed by atoms with E-state index in [2.05, 4.69) is 40.1 Å². The molecule has 76 heavy (non-hydrogen) atoms. The van der Waals surface area contributed by atoms with E-state index in [1.807, 2.05) is 0 Å². The summed E-state index contributed by atoms with van der Waals surface area (Å²) < 4.78 is 169. The van der Waals surface area contributed by atoms with Crippen LogP contribution in [0.3, 0.4) is 0 Å². The molecular formula is C46H38Cl2F8N10O8P2. The third-order valence-corrected chi connectivity index (χ3v) is 14.2. The van der Waals surface area contributed by atoms with Gasteiger partial charge in [0.25, 0.3) is 0 Å². The van der Waals surface area contributed by atoms with Crippen molar-refractivity contribution in [3.63, 3.8) is 0 Å². The first-order valence-electron chi connectivity index (χ1n) is 21.7. The molecule has 0 amide bonds. The number of benzene rings is 4. The predicted molar refractivity (Wildman–Crippen MR) is 251 cm³/mol. The van der Waals surface area contributed by atoms with E-state index in [0.29, 0.717) is 12.1 Å². The Morgan fingerprint density at radius 2 is 0.987 bits per heavy atom. The van der Waals surface area contributed by atoms with Gasteiger partial charge in [0.1, 0.15) is 84.1 Å². The lowest BCUT2D eigenvalue weighted by molar-refractivity contribution is -0.0331. The van der Waals surface area contributed by atoms with Crippen LogP contribution in [0.15, 0.2) is 123 Å². The van der Waals surface area contributed by atoms with Gasteiger partial charge < -0.3 is 9.79 Å². The number of rotatable bonds is 20. The van der Waals surface area contributed by atoms with Crippen LogP contribution in [0.1, 0.15) is 59.3 Å². The average molecular weight is 1140 g/mol. The molecule has 0 unspecified atom stereocenters. The number of phosphoric acid groups is 2. The topological polar surface area (TPSA) is 224 Å². The van der Waals surface area contributed by atoms with E-state index in [4.69, 9.17) is 41.3 Å². The molecule has 0 spiro atoms. The number of nitrogens with zero attached hydrogens (tertiary/aromatic N) is 10. The van der Waals surface area contributed by atoms with Crippen LogP contribution >= 0.6 is 38.8 Å². The van der Waals surface area contributed by atoms with Gasteiger partial charge in [-0.25, -0.2) is 83.5 Å². The second-order valence-electron chi connectivity index (χ2n) is 16.2. The summed E-state index contributed by atoms with van der Waals surface area (Å²) in [6, 6.07) is 12.3. The second-order valence-corrected chi connectivity index (χ2v) is 19.8. The lowest BCUT2D eigenvalue weighted by atomic mass is 9.79. The summed E-state index contributed by atoms with van der Waals surface area (Å²) in [5.74, 6) is -10.5. The fourth-order valence-electron chi connectivity index (χ4n) is 7.85. The molecule has 2 N–H and O–H groups in total. The molecule has 0 bridgehead atoms.